The van der Waals surface area contributed by atoms with Crippen LogP contribution in [0.5, 0.6) is 0 Å². The standard InChI is InChI=1S/C52H33NO2/c1-3-13-34(14-4-1)41-22-12-23-45-48-33-46(42-19-7-8-21-44(42)52(48)55-51(41)45)35-25-28-39(29-26-35)53(38-16-5-2-6-17-38)40-18-11-15-36(31-40)37-27-30-50-47(32-37)43-20-9-10-24-49(43)54-50/h1-33H. The Labute approximate surface area is 317 Å². The van der Waals surface area contributed by atoms with Gasteiger partial charge in [0.15, 0.2) is 0 Å². The Kier molecular flexibility index (Phi) is 7.17. The number of nitrogens with zero attached hydrogens (tertiary/aromatic N) is 1. The molecule has 0 saturated carbocycles. The molecule has 11 rings (SSSR count). The van der Waals surface area contributed by atoms with Crippen molar-refractivity contribution in [1.29, 1.82) is 0 Å². The average molecular weight is 704 g/mol. The SMILES string of the molecule is c1ccc(-c2cccc3c2oc2c4ccccc4c(-c4ccc(N(c5ccccc5)c5cccc(-c6ccc7oc8ccccc8c7c6)c5)cc4)cc32)cc1. The van der Waals surface area contributed by atoms with E-state index in [1.807, 2.05) is 18.2 Å². The highest BCUT2D eigenvalue weighted by atomic mass is 16.3. The second-order valence-corrected chi connectivity index (χ2v) is 14.1. The van der Waals surface area contributed by atoms with E-state index in [1.54, 1.807) is 0 Å². The fourth-order valence-corrected chi connectivity index (χ4v) is 8.25. The van der Waals surface area contributed by atoms with Gasteiger partial charge in [-0.15, -0.1) is 0 Å². The number of furan rings is 2. The van der Waals surface area contributed by atoms with Crippen molar-refractivity contribution in [2.24, 2.45) is 0 Å². The first-order chi connectivity index (χ1) is 27.3. The molecule has 3 heteroatoms. The fraction of sp³-hybridized carbons (Fsp3) is 0. The molecular weight excluding hydrogens is 671 g/mol. The van der Waals surface area contributed by atoms with E-state index in [0.717, 1.165) is 99.5 Å². The molecule has 0 saturated heterocycles. The Morgan fingerprint density at radius 1 is 0.273 bits per heavy atom. The maximum Gasteiger partial charge on any atom is 0.143 e. The summed E-state index contributed by atoms with van der Waals surface area (Å²) < 4.78 is 12.9. The van der Waals surface area contributed by atoms with Crippen molar-refractivity contribution in [3.63, 3.8) is 0 Å². The van der Waals surface area contributed by atoms with E-state index >= 15 is 0 Å². The molecule has 0 amide bonds. The lowest BCUT2D eigenvalue weighted by atomic mass is 9.94. The fourth-order valence-electron chi connectivity index (χ4n) is 8.25. The highest BCUT2D eigenvalue weighted by molar-refractivity contribution is 6.20. The maximum atomic E-state index is 6.76. The molecule has 3 nitrogen and oxygen atoms in total. The van der Waals surface area contributed by atoms with Gasteiger partial charge in [0.2, 0.25) is 0 Å². The van der Waals surface area contributed by atoms with E-state index in [4.69, 9.17) is 8.83 Å². The molecule has 0 aliphatic heterocycles. The van der Waals surface area contributed by atoms with Crippen LogP contribution >= 0.6 is 0 Å². The Morgan fingerprint density at radius 2 is 0.836 bits per heavy atom. The molecule has 0 N–H and O–H groups in total. The zero-order valence-corrected chi connectivity index (χ0v) is 29.8. The summed E-state index contributed by atoms with van der Waals surface area (Å²) >= 11 is 0. The highest BCUT2D eigenvalue weighted by Crippen LogP contribution is 2.44. The summed E-state index contributed by atoms with van der Waals surface area (Å²) in [6, 6.07) is 70.9. The average Bonchev–Trinajstić information content (AvgIpc) is 3.83. The molecule has 0 unspecified atom stereocenters. The smallest absolute Gasteiger partial charge is 0.143 e. The van der Waals surface area contributed by atoms with E-state index in [1.165, 1.54) is 5.56 Å². The molecule has 258 valence electrons. The van der Waals surface area contributed by atoms with Gasteiger partial charge in [-0.1, -0.05) is 140 Å². The van der Waals surface area contributed by atoms with Crippen LogP contribution in [0, 0.1) is 0 Å². The molecule has 2 heterocycles. The molecule has 11 aromatic rings. The first kappa shape index (κ1) is 31.2. The number of anilines is 3. The molecule has 0 fully saturated rings. The molecular formula is C52H33NO2. The molecule has 0 atom stereocenters. The summed E-state index contributed by atoms with van der Waals surface area (Å²) in [5.41, 5.74) is 13.8. The first-order valence-electron chi connectivity index (χ1n) is 18.7. The van der Waals surface area contributed by atoms with Crippen LogP contribution < -0.4 is 4.90 Å². The van der Waals surface area contributed by atoms with E-state index in [9.17, 15) is 0 Å². The van der Waals surface area contributed by atoms with Crippen LogP contribution in [0.3, 0.4) is 0 Å². The lowest BCUT2D eigenvalue weighted by molar-refractivity contribution is 0.669. The number of fused-ring (bicyclic) bond motifs is 8. The van der Waals surface area contributed by atoms with Gasteiger partial charge < -0.3 is 13.7 Å². The topological polar surface area (TPSA) is 29.5 Å². The highest BCUT2D eigenvalue weighted by Gasteiger charge is 2.19. The van der Waals surface area contributed by atoms with Crippen LogP contribution in [0.25, 0.3) is 88.0 Å². The third-order valence-corrected chi connectivity index (χ3v) is 10.9. The molecule has 0 bridgehead atoms. The normalized spacial score (nSPS) is 11.6. The van der Waals surface area contributed by atoms with Crippen LogP contribution in [0.1, 0.15) is 0 Å². The van der Waals surface area contributed by atoms with Crippen LogP contribution in [-0.2, 0) is 0 Å². The van der Waals surface area contributed by atoms with Gasteiger partial charge in [0.05, 0.1) is 0 Å². The summed E-state index contributed by atoms with van der Waals surface area (Å²) in [5.74, 6) is 0. The van der Waals surface area contributed by atoms with Gasteiger partial charge in [-0.05, 0) is 93.9 Å². The van der Waals surface area contributed by atoms with E-state index in [0.29, 0.717) is 0 Å². The third-order valence-electron chi connectivity index (χ3n) is 10.9. The van der Waals surface area contributed by atoms with Crippen LogP contribution in [0.15, 0.2) is 209 Å². The number of benzene rings is 9. The molecule has 55 heavy (non-hydrogen) atoms. The van der Waals surface area contributed by atoms with Crippen molar-refractivity contribution < 1.29 is 8.83 Å². The number of rotatable bonds is 6. The molecule has 0 aliphatic rings. The molecule has 0 spiro atoms. The summed E-state index contributed by atoms with van der Waals surface area (Å²) in [6.45, 7) is 0. The summed E-state index contributed by atoms with van der Waals surface area (Å²) in [7, 11) is 0. The Balaban J connectivity index is 1.02. The largest absolute Gasteiger partial charge is 0.456 e. The van der Waals surface area contributed by atoms with Gasteiger partial charge in [0.1, 0.15) is 22.3 Å². The summed E-state index contributed by atoms with van der Waals surface area (Å²) in [5, 5.41) is 6.77. The number of para-hydroxylation sites is 3. The quantitative estimate of drug-likeness (QED) is 0.173. The second-order valence-electron chi connectivity index (χ2n) is 14.1. The third kappa shape index (κ3) is 5.20. The van der Waals surface area contributed by atoms with Crippen molar-refractivity contribution in [1.82, 2.24) is 0 Å². The van der Waals surface area contributed by atoms with Crippen LogP contribution in [0.2, 0.25) is 0 Å². The van der Waals surface area contributed by atoms with Crippen LogP contribution in [0.4, 0.5) is 17.1 Å². The van der Waals surface area contributed by atoms with Gasteiger partial charge in [-0.3, -0.25) is 0 Å². The van der Waals surface area contributed by atoms with Crippen molar-refractivity contribution in [3.8, 4) is 33.4 Å². The van der Waals surface area contributed by atoms with Gasteiger partial charge in [-0.25, -0.2) is 0 Å². The van der Waals surface area contributed by atoms with E-state index in [2.05, 4.69) is 187 Å². The molecule has 2 aromatic heterocycles. The second kappa shape index (κ2) is 12.6. The molecule has 0 aliphatic carbocycles. The number of hydrogen-bond acceptors (Lipinski definition) is 3. The minimum absolute atomic E-state index is 0.900. The zero-order valence-electron chi connectivity index (χ0n) is 29.8. The maximum absolute atomic E-state index is 6.76. The minimum atomic E-state index is 0.900. The number of hydrogen-bond donors (Lipinski definition) is 0. The van der Waals surface area contributed by atoms with Crippen molar-refractivity contribution in [2.45, 2.75) is 0 Å². The van der Waals surface area contributed by atoms with Crippen LogP contribution in [-0.4, -0.2) is 0 Å². The van der Waals surface area contributed by atoms with E-state index in [-0.39, 0.29) is 0 Å². The van der Waals surface area contributed by atoms with E-state index < -0.39 is 0 Å². The summed E-state index contributed by atoms with van der Waals surface area (Å²) in [4.78, 5) is 2.33. The predicted molar refractivity (Wildman–Crippen MR) is 229 cm³/mol. The first-order valence-corrected chi connectivity index (χ1v) is 18.7. The van der Waals surface area contributed by atoms with Crippen molar-refractivity contribution in [3.05, 3.63) is 200 Å². The summed E-state index contributed by atoms with van der Waals surface area (Å²) in [6.07, 6.45) is 0. The molecule has 9 aromatic carbocycles. The van der Waals surface area contributed by atoms with Gasteiger partial charge >= 0.3 is 0 Å². The predicted octanol–water partition coefficient (Wildman–Crippen LogP) is 15.1. The Hall–Kier alpha value is -7.36. The van der Waals surface area contributed by atoms with Gasteiger partial charge in [0, 0.05) is 49.6 Å². The van der Waals surface area contributed by atoms with Gasteiger partial charge in [-0.2, -0.15) is 0 Å². The monoisotopic (exact) mass is 703 g/mol. The zero-order chi connectivity index (χ0) is 36.3. The Morgan fingerprint density at radius 3 is 1.67 bits per heavy atom. The van der Waals surface area contributed by atoms with Gasteiger partial charge in [0.25, 0.3) is 0 Å². The minimum Gasteiger partial charge on any atom is -0.456 e. The van der Waals surface area contributed by atoms with Crippen molar-refractivity contribution in [2.75, 3.05) is 4.90 Å². The lowest BCUT2D eigenvalue weighted by Gasteiger charge is -2.26. The Bertz CT molecular complexity index is 3190. The van der Waals surface area contributed by atoms with Crippen molar-refractivity contribution >= 4 is 71.7 Å². The lowest BCUT2D eigenvalue weighted by Crippen LogP contribution is -2.09. The molecule has 0 radical (unpaired) electrons.